The van der Waals surface area contributed by atoms with E-state index in [4.69, 9.17) is 0 Å². The van der Waals surface area contributed by atoms with Crippen LogP contribution in [0.15, 0.2) is 54.6 Å². The molecule has 1 atom stereocenters. The zero-order valence-electron chi connectivity index (χ0n) is 15.0. The highest BCUT2D eigenvalue weighted by molar-refractivity contribution is 6.01. The minimum absolute atomic E-state index is 0.112. The zero-order chi connectivity index (χ0) is 17.5. The van der Waals surface area contributed by atoms with Crippen LogP contribution < -0.4 is 5.32 Å². The van der Waals surface area contributed by atoms with Gasteiger partial charge in [-0.15, -0.1) is 0 Å². The molecule has 0 aliphatic rings. The van der Waals surface area contributed by atoms with Gasteiger partial charge in [-0.25, -0.2) is 0 Å². The standard InChI is InChI=1S/C22H27NO/c1-5-17(4)20-11-13-21(14-12-20)23-22(24)15-8-18-6-9-19(10-7-18)16(2)3/h6-17H,5H2,1-4H3,(H,23,24). The summed E-state index contributed by atoms with van der Waals surface area (Å²) >= 11 is 0. The fourth-order valence-corrected chi connectivity index (χ4v) is 2.48. The molecule has 0 saturated heterocycles. The number of benzene rings is 2. The van der Waals surface area contributed by atoms with Crippen LogP contribution in [0.4, 0.5) is 5.69 Å². The quantitative estimate of drug-likeness (QED) is 0.652. The van der Waals surface area contributed by atoms with Gasteiger partial charge in [-0.2, -0.15) is 0 Å². The van der Waals surface area contributed by atoms with Crippen LogP contribution in [0.2, 0.25) is 0 Å². The average Bonchev–Trinajstić information content (AvgIpc) is 2.60. The van der Waals surface area contributed by atoms with E-state index < -0.39 is 0 Å². The summed E-state index contributed by atoms with van der Waals surface area (Å²) in [5.41, 5.74) is 4.46. The number of carbonyl (C=O) groups is 1. The Morgan fingerprint density at radius 3 is 2.08 bits per heavy atom. The Kier molecular flexibility index (Phi) is 6.36. The first-order valence-corrected chi connectivity index (χ1v) is 8.68. The number of anilines is 1. The Hall–Kier alpha value is -2.35. The minimum atomic E-state index is -0.112. The van der Waals surface area contributed by atoms with Crippen LogP contribution >= 0.6 is 0 Å². The third-order valence-electron chi connectivity index (χ3n) is 4.39. The van der Waals surface area contributed by atoms with Crippen LogP contribution in [0.25, 0.3) is 6.08 Å². The lowest BCUT2D eigenvalue weighted by Gasteiger charge is -2.09. The first-order valence-electron chi connectivity index (χ1n) is 8.68. The second-order valence-electron chi connectivity index (χ2n) is 6.58. The molecule has 2 rings (SSSR count). The van der Waals surface area contributed by atoms with Gasteiger partial charge in [-0.1, -0.05) is 64.1 Å². The van der Waals surface area contributed by atoms with Gasteiger partial charge < -0.3 is 5.32 Å². The molecule has 2 aromatic rings. The third kappa shape index (κ3) is 5.09. The number of amides is 1. The van der Waals surface area contributed by atoms with Crippen molar-refractivity contribution in [2.75, 3.05) is 5.32 Å². The van der Waals surface area contributed by atoms with Gasteiger partial charge in [0.25, 0.3) is 0 Å². The number of hydrogen-bond acceptors (Lipinski definition) is 1. The first-order chi connectivity index (χ1) is 11.5. The lowest BCUT2D eigenvalue weighted by molar-refractivity contribution is -0.111. The Balaban J connectivity index is 1.94. The summed E-state index contributed by atoms with van der Waals surface area (Å²) in [6.07, 6.45) is 4.53. The van der Waals surface area contributed by atoms with Crippen molar-refractivity contribution < 1.29 is 4.79 Å². The second-order valence-corrected chi connectivity index (χ2v) is 6.58. The minimum Gasteiger partial charge on any atom is -0.323 e. The maximum absolute atomic E-state index is 12.0. The molecule has 126 valence electrons. The van der Waals surface area contributed by atoms with Crippen molar-refractivity contribution in [3.05, 3.63) is 71.3 Å². The first kappa shape index (κ1) is 18.0. The van der Waals surface area contributed by atoms with Crippen molar-refractivity contribution >= 4 is 17.7 Å². The molecule has 0 saturated carbocycles. The molecule has 0 aliphatic heterocycles. The summed E-state index contributed by atoms with van der Waals surface area (Å²) in [7, 11) is 0. The molecule has 0 bridgehead atoms. The van der Waals surface area contributed by atoms with E-state index in [0.29, 0.717) is 11.8 Å². The van der Waals surface area contributed by atoms with Gasteiger partial charge in [0, 0.05) is 11.8 Å². The van der Waals surface area contributed by atoms with Gasteiger partial charge in [0.05, 0.1) is 0 Å². The SMILES string of the molecule is CCC(C)c1ccc(NC(=O)C=Cc2ccc(C(C)C)cc2)cc1. The summed E-state index contributed by atoms with van der Waals surface area (Å²) in [5, 5.41) is 2.90. The van der Waals surface area contributed by atoms with Crippen LogP contribution in [0.5, 0.6) is 0 Å². The van der Waals surface area contributed by atoms with Gasteiger partial charge in [0.2, 0.25) is 5.91 Å². The molecule has 0 spiro atoms. The molecule has 0 aliphatic carbocycles. The molecule has 1 unspecified atom stereocenters. The molecule has 2 nitrogen and oxygen atoms in total. The van der Waals surface area contributed by atoms with Gasteiger partial charge in [-0.3, -0.25) is 4.79 Å². The molecule has 2 aromatic carbocycles. The highest BCUT2D eigenvalue weighted by atomic mass is 16.1. The molecular formula is C22H27NO. The van der Waals surface area contributed by atoms with Crippen molar-refractivity contribution in [1.29, 1.82) is 0 Å². The van der Waals surface area contributed by atoms with Crippen molar-refractivity contribution in [3.63, 3.8) is 0 Å². The van der Waals surface area contributed by atoms with E-state index in [0.717, 1.165) is 17.7 Å². The molecule has 1 amide bonds. The van der Waals surface area contributed by atoms with E-state index in [2.05, 4.69) is 57.3 Å². The van der Waals surface area contributed by atoms with Crippen LogP contribution in [0.1, 0.15) is 62.6 Å². The monoisotopic (exact) mass is 321 g/mol. The highest BCUT2D eigenvalue weighted by Gasteiger charge is 2.03. The molecule has 2 heteroatoms. The van der Waals surface area contributed by atoms with Gasteiger partial charge in [0.15, 0.2) is 0 Å². The molecule has 0 heterocycles. The maximum atomic E-state index is 12.0. The largest absolute Gasteiger partial charge is 0.323 e. The van der Waals surface area contributed by atoms with Crippen molar-refractivity contribution in [1.82, 2.24) is 0 Å². The smallest absolute Gasteiger partial charge is 0.248 e. The van der Waals surface area contributed by atoms with Gasteiger partial charge >= 0.3 is 0 Å². The van der Waals surface area contributed by atoms with Gasteiger partial charge in [-0.05, 0) is 53.2 Å². The predicted octanol–water partition coefficient (Wildman–Crippen LogP) is 5.98. The van der Waals surface area contributed by atoms with Crippen LogP contribution in [-0.4, -0.2) is 5.91 Å². The van der Waals surface area contributed by atoms with Gasteiger partial charge in [0.1, 0.15) is 0 Å². The third-order valence-corrected chi connectivity index (χ3v) is 4.39. The topological polar surface area (TPSA) is 29.1 Å². The molecule has 0 aromatic heterocycles. The molecule has 0 radical (unpaired) electrons. The molecule has 1 N–H and O–H groups in total. The van der Waals surface area contributed by atoms with Crippen molar-refractivity contribution in [2.45, 2.75) is 46.0 Å². The van der Waals surface area contributed by atoms with E-state index in [1.165, 1.54) is 11.1 Å². The Morgan fingerprint density at radius 1 is 0.958 bits per heavy atom. The number of carbonyl (C=O) groups excluding carboxylic acids is 1. The fraction of sp³-hybridized carbons (Fsp3) is 0.318. The zero-order valence-corrected chi connectivity index (χ0v) is 15.0. The summed E-state index contributed by atoms with van der Waals surface area (Å²) in [5.74, 6) is 0.951. The summed E-state index contributed by atoms with van der Waals surface area (Å²) < 4.78 is 0. The van der Waals surface area contributed by atoms with E-state index in [9.17, 15) is 4.79 Å². The molecule has 0 fully saturated rings. The van der Waals surface area contributed by atoms with E-state index in [1.54, 1.807) is 6.08 Å². The molecular weight excluding hydrogens is 294 g/mol. The Bertz CT molecular complexity index is 681. The summed E-state index contributed by atoms with van der Waals surface area (Å²) in [4.78, 5) is 12.0. The van der Waals surface area contributed by atoms with E-state index in [-0.39, 0.29) is 5.91 Å². The Labute approximate surface area is 145 Å². The van der Waals surface area contributed by atoms with Crippen molar-refractivity contribution in [2.24, 2.45) is 0 Å². The van der Waals surface area contributed by atoms with Crippen LogP contribution in [0.3, 0.4) is 0 Å². The number of hydrogen-bond donors (Lipinski definition) is 1. The predicted molar refractivity (Wildman–Crippen MR) is 103 cm³/mol. The summed E-state index contributed by atoms with van der Waals surface area (Å²) in [6, 6.07) is 16.4. The van der Waals surface area contributed by atoms with Crippen LogP contribution in [0, 0.1) is 0 Å². The highest BCUT2D eigenvalue weighted by Crippen LogP contribution is 2.20. The van der Waals surface area contributed by atoms with E-state index in [1.807, 2.05) is 30.3 Å². The van der Waals surface area contributed by atoms with E-state index >= 15 is 0 Å². The Morgan fingerprint density at radius 2 is 1.54 bits per heavy atom. The second kappa shape index (κ2) is 8.49. The molecule has 24 heavy (non-hydrogen) atoms. The normalized spacial score (nSPS) is 12.5. The number of rotatable bonds is 6. The van der Waals surface area contributed by atoms with Crippen LogP contribution in [-0.2, 0) is 4.79 Å². The fourth-order valence-electron chi connectivity index (χ4n) is 2.48. The van der Waals surface area contributed by atoms with Crippen molar-refractivity contribution in [3.8, 4) is 0 Å². The average molecular weight is 321 g/mol. The lowest BCUT2D eigenvalue weighted by atomic mass is 9.99. The lowest BCUT2D eigenvalue weighted by Crippen LogP contribution is -2.07. The maximum Gasteiger partial charge on any atom is 0.248 e. The number of nitrogens with one attached hydrogen (secondary N) is 1. The summed E-state index contributed by atoms with van der Waals surface area (Å²) in [6.45, 7) is 8.73.